The standard InChI is InChI=1S/C25H29N3O2/c1-5-6-7-12-28-23(18-10-8-15(2)9-11-18)20-21(26-27-22(20)25(28)30)19-14-16(3)13-17(4)24(19)29/h8-11,13-14,23,29H,5-7,12H2,1-4H3,(H,26,27). The van der Waals surface area contributed by atoms with Gasteiger partial charge in [-0.25, -0.2) is 0 Å². The van der Waals surface area contributed by atoms with E-state index < -0.39 is 0 Å². The molecule has 1 unspecified atom stereocenters. The Kier molecular flexibility index (Phi) is 5.37. The zero-order chi connectivity index (χ0) is 21.4. The molecular weight excluding hydrogens is 374 g/mol. The summed E-state index contributed by atoms with van der Waals surface area (Å²) in [5, 5.41) is 18.2. The summed E-state index contributed by atoms with van der Waals surface area (Å²) >= 11 is 0. The lowest BCUT2D eigenvalue weighted by atomic mass is 9.93. The maximum absolute atomic E-state index is 13.3. The number of nitrogens with zero attached hydrogens (tertiary/aromatic N) is 2. The van der Waals surface area contributed by atoms with Crippen molar-refractivity contribution in [3.63, 3.8) is 0 Å². The molecule has 1 atom stereocenters. The van der Waals surface area contributed by atoms with Crippen LogP contribution in [0.1, 0.15) is 70.5 Å². The van der Waals surface area contributed by atoms with E-state index in [1.165, 1.54) is 5.56 Å². The number of fused-ring (bicyclic) bond motifs is 1. The number of carbonyl (C=O) groups excluding carboxylic acids is 1. The Bertz CT molecular complexity index is 1080. The van der Waals surface area contributed by atoms with Crippen LogP contribution in [0.4, 0.5) is 0 Å². The highest BCUT2D eigenvalue weighted by atomic mass is 16.3. The molecule has 2 N–H and O–H groups in total. The van der Waals surface area contributed by atoms with Gasteiger partial charge in [-0.15, -0.1) is 0 Å². The summed E-state index contributed by atoms with van der Waals surface area (Å²) in [6.45, 7) is 8.81. The smallest absolute Gasteiger partial charge is 0.273 e. The Morgan fingerprint density at radius 2 is 1.80 bits per heavy atom. The Labute approximate surface area is 177 Å². The van der Waals surface area contributed by atoms with Crippen LogP contribution in [0.15, 0.2) is 36.4 Å². The third kappa shape index (κ3) is 3.38. The number of amides is 1. The molecule has 1 aromatic heterocycles. The summed E-state index contributed by atoms with van der Waals surface area (Å²) in [7, 11) is 0. The first-order valence-electron chi connectivity index (χ1n) is 10.7. The highest BCUT2D eigenvalue weighted by Gasteiger charge is 2.42. The van der Waals surface area contributed by atoms with Gasteiger partial charge in [0.25, 0.3) is 5.91 Å². The normalized spacial score (nSPS) is 15.7. The van der Waals surface area contributed by atoms with Crippen molar-refractivity contribution in [2.75, 3.05) is 6.54 Å². The molecule has 1 aliphatic rings. The average molecular weight is 404 g/mol. The van der Waals surface area contributed by atoms with Gasteiger partial charge in [-0.1, -0.05) is 55.7 Å². The quantitative estimate of drug-likeness (QED) is 0.538. The summed E-state index contributed by atoms with van der Waals surface area (Å²) in [6.07, 6.45) is 3.15. The van der Waals surface area contributed by atoms with Crippen LogP contribution >= 0.6 is 0 Å². The van der Waals surface area contributed by atoms with Crippen molar-refractivity contribution < 1.29 is 9.90 Å². The fraction of sp³-hybridized carbons (Fsp3) is 0.360. The van der Waals surface area contributed by atoms with E-state index in [4.69, 9.17) is 0 Å². The summed E-state index contributed by atoms with van der Waals surface area (Å²) in [5.74, 6) is 0.198. The van der Waals surface area contributed by atoms with Gasteiger partial charge in [-0.2, -0.15) is 5.10 Å². The van der Waals surface area contributed by atoms with Crippen molar-refractivity contribution in [2.24, 2.45) is 0 Å². The molecule has 0 fully saturated rings. The second-order valence-corrected chi connectivity index (χ2v) is 8.36. The van der Waals surface area contributed by atoms with Gasteiger partial charge >= 0.3 is 0 Å². The van der Waals surface area contributed by atoms with Gasteiger partial charge in [0, 0.05) is 17.7 Å². The molecule has 0 saturated carbocycles. The molecule has 3 aromatic rings. The molecule has 2 heterocycles. The summed E-state index contributed by atoms with van der Waals surface area (Å²) in [4.78, 5) is 15.2. The molecule has 0 saturated heterocycles. The molecule has 5 nitrogen and oxygen atoms in total. The highest BCUT2D eigenvalue weighted by molar-refractivity contribution is 6.00. The van der Waals surface area contributed by atoms with Crippen LogP contribution in [0.5, 0.6) is 5.75 Å². The van der Waals surface area contributed by atoms with Gasteiger partial charge in [0.15, 0.2) is 0 Å². The molecule has 1 amide bonds. The van der Waals surface area contributed by atoms with E-state index in [9.17, 15) is 9.90 Å². The fourth-order valence-electron chi connectivity index (χ4n) is 4.40. The first-order valence-corrected chi connectivity index (χ1v) is 10.7. The molecule has 4 rings (SSSR count). The van der Waals surface area contributed by atoms with E-state index in [0.29, 0.717) is 23.5 Å². The molecule has 2 aromatic carbocycles. The van der Waals surface area contributed by atoms with Crippen LogP contribution in [0.3, 0.4) is 0 Å². The predicted molar refractivity (Wildman–Crippen MR) is 119 cm³/mol. The summed E-state index contributed by atoms with van der Waals surface area (Å²) in [6, 6.07) is 12.0. The number of rotatable bonds is 6. The number of benzene rings is 2. The van der Waals surface area contributed by atoms with Crippen molar-refractivity contribution in [1.82, 2.24) is 15.1 Å². The third-order valence-corrected chi connectivity index (χ3v) is 5.96. The van der Waals surface area contributed by atoms with Crippen LogP contribution in [-0.4, -0.2) is 32.7 Å². The topological polar surface area (TPSA) is 69.2 Å². The maximum atomic E-state index is 13.3. The largest absolute Gasteiger partial charge is 0.507 e. The summed E-state index contributed by atoms with van der Waals surface area (Å²) < 4.78 is 0. The van der Waals surface area contributed by atoms with Gasteiger partial charge in [0.1, 0.15) is 17.1 Å². The van der Waals surface area contributed by atoms with Gasteiger partial charge in [0.05, 0.1) is 6.04 Å². The van der Waals surface area contributed by atoms with E-state index >= 15 is 0 Å². The van der Waals surface area contributed by atoms with E-state index in [0.717, 1.165) is 41.5 Å². The van der Waals surface area contributed by atoms with Crippen molar-refractivity contribution in [1.29, 1.82) is 0 Å². The van der Waals surface area contributed by atoms with Crippen LogP contribution in [-0.2, 0) is 0 Å². The van der Waals surface area contributed by atoms with E-state index in [1.807, 2.05) is 30.9 Å². The van der Waals surface area contributed by atoms with Crippen LogP contribution < -0.4 is 0 Å². The van der Waals surface area contributed by atoms with Crippen LogP contribution in [0, 0.1) is 20.8 Å². The lowest BCUT2D eigenvalue weighted by Crippen LogP contribution is -2.30. The number of aryl methyl sites for hydroxylation is 3. The van der Waals surface area contributed by atoms with Gasteiger partial charge in [-0.3, -0.25) is 9.89 Å². The van der Waals surface area contributed by atoms with Gasteiger partial charge < -0.3 is 10.0 Å². The Morgan fingerprint density at radius 3 is 2.50 bits per heavy atom. The first kappa shape index (κ1) is 20.2. The number of nitrogens with one attached hydrogen (secondary N) is 1. The van der Waals surface area contributed by atoms with E-state index in [2.05, 4.69) is 48.3 Å². The zero-order valence-electron chi connectivity index (χ0n) is 18.1. The Morgan fingerprint density at radius 1 is 1.07 bits per heavy atom. The van der Waals surface area contributed by atoms with Crippen molar-refractivity contribution in [2.45, 2.75) is 53.0 Å². The van der Waals surface area contributed by atoms with Crippen molar-refractivity contribution in [3.8, 4) is 17.0 Å². The Balaban J connectivity index is 1.87. The summed E-state index contributed by atoms with van der Waals surface area (Å²) in [5.41, 5.74) is 6.82. The number of hydrogen-bond donors (Lipinski definition) is 2. The number of aromatic nitrogens is 2. The first-order chi connectivity index (χ1) is 14.4. The minimum absolute atomic E-state index is 0.0192. The molecule has 0 spiro atoms. The number of aromatic hydroxyl groups is 1. The minimum atomic E-state index is -0.209. The second kappa shape index (κ2) is 7.98. The van der Waals surface area contributed by atoms with Crippen molar-refractivity contribution >= 4 is 5.91 Å². The molecule has 1 aliphatic heterocycles. The van der Waals surface area contributed by atoms with E-state index in [1.54, 1.807) is 0 Å². The second-order valence-electron chi connectivity index (χ2n) is 8.36. The molecule has 30 heavy (non-hydrogen) atoms. The Hall–Kier alpha value is -3.08. The number of phenolic OH excluding ortho intramolecular Hbond substituents is 1. The number of hydrogen-bond acceptors (Lipinski definition) is 3. The molecule has 5 heteroatoms. The maximum Gasteiger partial charge on any atom is 0.273 e. The minimum Gasteiger partial charge on any atom is -0.507 e. The monoisotopic (exact) mass is 403 g/mol. The fourth-order valence-corrected chi connectivity index (χ4v) is 4.40. The van der Waals surface area contributed by atoms with Crippen LogP contribution in [0.2, 0.25) is 0 Å². The predicted octanol–water partition coefficient (Wildman–Crippen LogP) is 5.44. The lowest BCUT2D eigenvalue weighted by Gasteiger charge is -2.26. The van der Waals surface area contributed by atoms with Crippen molar-refractivity contribution in [3.05, 3.63) is 69.9 Å². The number of unbranched alkanes of at least 4 members (excludes halogenated alkanes) is 2. The van der Waals surface area contributed by atoms with Gasteiger partial charge in [0.2, 0.25) is 0 Å². The lowest BCUT2D eigenvalue weighted by molar-refractivity contribution is 0.0740. The molecule has 0 radical (unpaired) electrons. The highest BCUT2D eigenvalue weighted by Crippen LogP contribution is 2.45. The van der Waals surface area contributed by atoms with Gasteiger partial charge in [-0.05, 0) is 49.9 Å². The zero-order valence-corrected chi connectivity index (χ0v) is 18.1. The average Bonchev–Trinajstić information content (AvgIpc) is 3.25. The molecule has 0 bridgehead atoms. The number of carbonyl (C=O) groups is 1. The number of aromatic amines is 1. The molecule has 156 valence electrons. The SMILES string of the molecule is CCCCCN1C(=O)c2[nH]nc(-c3cc(C)cc(C)c3O)c2C1c1ccc(C)cc1. The number of phenols is 1. The molecule has 0 aliphatic carbocycles. The van der Waals surface area contributed by atoms with Crippen LogP contribution in [0.25, 0.3) is 11.3 Å². The number of H-pyrrole nitrogens is 1. The van der Waals surface area contributed by atoms with E-state index in [-0.39, 0.29) is 17.7 Å². The molecular formula is C25H29N3O2. The third-order valence-electron chi connectivity index (χ3n) is 5.96.